The van der Waals surface area contributed by atoms with Crippen LogP contribution in [0.15, 0.2) is 18.2 Å². The summed E-state index contributed by atoms with van der Waals surface area (Å²) in [6.07, 6.45) is 2.03. The van der Waals surface area contributed by atoms with Crippen LogP contribution in [0.3, 0.4) is 0 Å². The van der Waals surface area contributed by atoms with Crippen LogP contribution in [0.2, 0.25) is 10.0 Å². The molecule has 1 aromatic rings. The van der Waals surface area contributed by atoms with Gasteiger partial charge >= 0.3 is 0 Å². The van der Waals surface area contributed by atoms with Gasteiger partial charge in [-0.1, -0.05) is 43.1 Å². The maximum absolute atomic E-state index is 12.2. The third-order valence-electron chi connectivity index (χ3n) is 4.07. The highest BCUT2D eigenvalue weighted by atomic mass is 35.5. The first kappa shape index (κ1) is 16.6. The lowest BCUT2D eigenvalue weighted by Gasteiger charge is -2.28. The molecule has 2 N–H and O–H groups in total. The highest BCUT2D eigenvalue weighted by Crippen LogP contribution is 2.29. The van der Waals surface area contributed by atoms with E-state index in [1.165, 1.54) is 0 Å². The Labute approximate surface area is 136 Å². The molecule has 2 rings (SSSR count). The molecule has 1 unspecified atom stereocenters. The lowest BCUT2D eigenvalue weighted by Crippen LogP contribution is -2.44. The Morgan fingerprint density at radius 2 is 2.14 bits per heavy atom. The van der Waals surface area contributed by atoms with Gasteiger partial charge in [-0.2, -0.15) is 0 Å². The molecule has 0 aromatic heterocycles. The molecule has 3 nitrogen and oxygen atoms in total. The molecular weight excluding hydrogens is 307 g/mol. The van der Waals surface area contributed by atoms with Crippen LogP contribution in [0.25, 0.3) is 0 Å². The Morgan fingerprint density at radius 3 is 2.76 bits per heavy atom. The molecule has 1 amide bonds. The molecule has 1 fully saturated rings. The number of carbonyl (C=O) groups is 1. The van der Waals surface area contributed by atoms with Crippen molar-refractivity contribution in [1.82, 2.24) is 10.6 Å². The van der Waals surface area contributed by atoms with Gasteiger partial charge in [0.25, 0.3) is 0 Å². The smallest absolute Gasteiger partial charge is 0.224 e. The zero-order valence-electron chi connectivity index (χ0n) is 12.5. The molecule has 116 valence electrons. The molecule has 1 aliphatic heterocycles. The third-order valence-corrected chi connectivity index (χ3v) is 4.81. The summed E-state index contributed by atoms with van der Waals surface area (Å²) in [5, 5.41) is 7.43. The van der Waals surface area contributed by atoms with Crippen molar-refractivity contribution in [3.8, 4) is 0 Å². The van der Waals surface area contributed by atoms with Gasteiger partial charge in [-0.3, -0.25) is 4.79 Å². The highest BCUT2D eigenvalue weighted by molar-refractivity contribution is 6.42. The zero-order valence-corrected chi connectivity index (χ0v) is 14.0. The van der Waals surface area contributed by atoms with E-state index in [2.05, 4.69) is 24.5 Å². The summed E-state index contributed by atoms with van der Waals surface area (Å²) in [5.41, 5.74) is 0.880. The van der Waals surface area contributed by atoms with E-state index in [4.69, 9.17) is 23.2 Å². The van der Waals surface area contributed by atoms with E-state index in [1.54, 1.807) is 6.07 Å². The normalized spacial score (nSPS) is 19.3. The van der Waals surface area contributed by atoms with Crippen molar-refractivity contribution in [3.63, 3.8) is 0 Å². The fraction of sp³-hybridized carbons (Fsp3) is 0.562. The molecule has 1 heterocycles. The van der Waals surface area contributed by atoms with E-state index in [9.17, 15) is 4.79 Å². The summed E-state index contributed by atoms with van der Waals surface area (Å²) in [4.78, 5) is 12.2. The number of benzene rings is 1. The summed E-state index contributed by atoms with van der Waals surface area (Å²) in [6, 6.07) is 5.63. The summed E-state index contributed by atoms with van der Waals surface area (Å²) < 4.78 is 0. The van der Waals surface area contributed by atoms with Crippen LogP contribution in [-0.2, 0) is 10.2 Å². The molecule has 1 aromatic carbocycles. The van der Waals surface area contributed by atoms with E-state index in [0.717, 1.165) is 31.5 Å². The maximum atomic E-state index is 12.2. The van der Waals surface area contributed by atoms with Crippen molar-refractivity contribution in [2.45, 2.75) is 32.1 Å². The van der Waals surface area contributed by atoms with E-state index < -0.39 is 0 Å². The van der Waals surface area contributed by atoms with Gasteiger partial charge in [-0.05, 0) is 37.1 Å². The predicted molar refractivity (Wildman–Crippen MR) is 88.1 cm³/mol. The second-order valence-electron chi connectivity index (χ2n) is 6.27. The van der Waals surface area contributed by atoms with Crippen molar-refractivity contribution >= 4 is 29.1 Å². The van der Waals surface area contributed by atoms with Crippen molar-refractivity contribution in [2.75, 3.05) is 19.6 Å². The van der Waals surface area contributed by atoms with Crippen LogP contribution < -0.4 is 10.6 Å². The van der Waals surface area contributed by atoms with E-state index in [1.807, 2.05) is 12.1 Å². The minimum Gasteiger partial charge on any atom is -0.355 e. The second-order valence-corrected chi connectivity index (χ2v) is 7.09. The Hall–Kier alpha value is -0.770. The Kier molecular flexibility index (Phi) is 5.53. The minimum absolute atomic E-state index is 0.0864. The van der Waals surface area contributed by atoms with E-state index in [-0.39, 0.29) is 17.2 Å². The standard InChI is InChI=1S/C16H22Cl2N2O/c1-16(2,12-5-6-13(17)14(18)8-12)10-20-15(21)11-4-3-7-19-9-11/h5-6,8,11,19H,3-4,7,9-10H2,1-2H3,(H,20,21). The molecule has 1 saturated heterocycles. The molecule has 0 radical (unpaired) electrons. The largest absolute Gasteiger partial charge is 0.355 e. The molecule has 0 bridgehead atoms. The van der Waals surface area contributed by atoms with Crippen LogP contribution in [0, 0.1) is 5.92 Å². The highest BCUT2D eigenvalue weighted by Gasteiger charge is 2.25. The Morgan fingerprint density at radius 1 is 1.38 bits per heavy atom. The number of amides is 1. The number of halogens is 2. The number of hydrogen-bond acceptors (Lipinski definition) is 2. The van der Waals surface area contributed by atoms with Gasteiger partial charge in [-0.25, -0.2) is 0 Å². The van der Waals surface area contributed by atoms with Crippen LogP contribution in [0.1, 0.15) is 32.3 Å². The Balaban J connectivity index is 1.96. The van der Waals surface area contributed by atoms with Crippen LogP contribution >= 0.6 is 23.2 Å². The quantitative estimate of drug-likeness (QED) is 0.889. The second kappa shape index (κ2) is 6.99. The summed E-state index contributed by atoms with van der Waals surface area (Å²) in [6.45, 7) is 6.55. The van der Waals surface area contributed by atoms with Crippen LogP contribution in [-0.4, -0.2) is 25.5 Å². The van der Waals surface area contributed by atoms with Gasteiger partial charge in [0.15, 0.2) is 0 Å². The van der Waals surface area contributed by atoms with Gasteiger partial charge in [0, 0.05) is 18.5 Å². The summed E-state index contributed by atoms with van der Waals surface area (Å²) in [7, 11) is 0. The van der Waals surface area contributed by atoms with Gasteiger partial charge in [0.1, 0.15) is 0 Å². The van der Waals surface area contributed by atoms with Crippen molar-refractivity contribution in [1.29, 1.82) is 0 Å². The van der Waals surface area contributed by atoms with Crippen LogP contribution in [0.5, 0.6) is 0 Å². The average Bonchev–Trinajstić information content (AvgIpc) is 2.48. The molecule has 0 saturated carbocycles. The number of carbonyl (C=O) groups excluding carboxylic acids is 1. The Bertz CT molecular complexity index is 511. The number of hydrogen-bond donors (Lipinski definition) is 2. The number of rotatable bonds is 4. The molecule has 0 spiro atoms. The third kappa shape index (κ3) is 4.35. The monoisotopic (exact) mass is 328 g/mol. The zero-order chi connectivity index (χ0) is 15.5. The number of piperidine rings is 1. The topological polar surface area (TPSA) is 41.1 Å². The molecule has 5 heteroatoms. The SMILES string of the molecule is CC(C)(CNC(=O)C1CCCNC1)c1ccc(Cl)c(Cl)c1. The fourth-order valence-electron chi connectivity index (χ4n) is 2.55. The van der Waals surface area contributed by atoms with E-state index >= 15 is 0 Å². The summed E-state index contributed by atoms with van der Waals surface area (Å²) in [5.74, 6) is 0.221. The van der Waals surface area contributed by atoms with Gasteiger partial charge in [-0.15, -0.1) is 0 Å². The minimum atomic E-state index is -0.189. The van der Waals surface area contributed by atoms with E-state index in [0.29, 0.717) is 16.6 Å². The molecular formula is C16H22Cl2N2O. The van der Waals surface area contributed by atoms with Crippen LogP contribution in [0.4, 0.5) is 0 Å². The predicted octanol–water partition coefficient (Wildman–Crippen LogP) is 3.39. The van der Waals surface area contributed by atoms with Crippen molar-refractivity contribution in [2.24, 2.45) is 5.92 Å². The lowest BCUT2D eigenvalue weighted by molar-refractivity contribution is -0.125. The molecule has 1 aliphatic rings. The first-order valence-electron chi connectivity index (χ1n) is 7.34. The van der Waals surface area contributed by atoms with Gasteiger partial charge in [0.05, 0.1) is 16.0 Å². The van der Waals surface area contributed by atoms with Crippen molar-refractivity contribution < 1.29 is 4.79 Å². The maximum Gasteiger partial charge on any atom is 0.224 e. The fourth-order valence-corrected chi connectivity index (χ4v) is 2.85. The summed E-state index contributed by atoms with van der Waals surface area (Å²) >= 11 is 12.0. The molecule has 0 aliphatic carbocycles. The first-order valence-corrected chi connectivity index (χ1v) is 8.10. The molecule has 1 atom stereocenters. The first-order chi connectivity index (χ1) is 9.90. The lowest BCUT2D eigenvalue weighted by atomic mass is 9.84. The molecule has 21 heavy (non-hydrogen) atoms. The average molecular weight is 329 g/mol. The number of nitrogens with one attached hydrogen (secondary N) is 2. The van der Waals surface area contributed by atoms with Crippen molar-refractivity contribution in [3.05, 3.63) is 33.8 Å². The van der Waals surface area contributed by atoms with Gasteiger partial charge in [0.2, 0.25) is 5.91 Å². The van der Waals surface area contributed by atoms with Gasteiger partial charge < -0.3 is 10.6 Å².